The first-order chi connectivity index (χ1) is 6.59. The van der Waals surface area contributed by atoms with Crippen LogP contribution in [0.2, 0.25) is 0 Å². The number of aryl methyl sites for hydroxylation is 1. The molecule has 4 nitrogen and oxygen atoms in total. The third-order valence-electron chi connectivity index (χ3n) is 1.71. The number of nitrogens with two attached hydrogens (primary N) is 1. The van der Waals surface area contributed by atoms with Gasteiger partial charge in [-0.3, -0.25) is 9.78 Å². The number of aliphatic carboxylic acids is 1. The molecule has 1 aromatic heterocycles. The number of nitrogen functional groups attached to an aromatic ring is 1. The molecule has 0 aliphatic rings. The molecule has 1 aromatic rings. The summed E-state index contributed by atoms with van der Waals surface area (Å²) in [5.74, 6) is -0.852. The van der Waals surface area contributed by atoms with E-state index in [4.69, 9.17) is 10.8 Å². The Morgan fingerprint density at radius 1 is 1.71 bits per heavy atom. The number of aromatic nitrogens is 1. The van der Waals surface area contributed by atoms with Gasteiger partial charge in [-0.2, -0.15) is 0 Å². The van der Waals surface area contributed by atoms with E-state index in [0.717, 1.165) is 11.3 Å². The molecule has 0 fully saturated rings. The van der Waals surface area contributed by atoms with Crippen LogP contribution in [-0.4, -0.2) is 16.1 Å². The van der Waals surface area contributed by atoms with Gasteiger partial charge in [-0.05, 0) is 24.6 Å². The van der Waals surface area contributed by atoms with Gasteiger partial charge < -0.3 is 10.8 Å². The third-order valence-corrected chi connectivity index (χ3v) is 1.71. The molecular formula is C10H12N2O2. The Kier molecular flexibility index (Phi) is 3.23. The van der Waals surface area contributed by atoms with Gasteiger partial charge >= 0.3 is 5.97 Å². The van der Waals surface area contributed by atoms with E-state index >= 15 is 0 Å². The largest absolute Gasteiger partial charge is 0.481 e. The molecule has 3 N–H and O–H groups in total. The first kappa shape index (κ1) is 10.2. The maximum absolute atomic E-state index is 10.2. The first-order valence-corrected chi connectivity index (χ1v) is 4.20. The summed E-state index contributed by atoms with van der Waals surface area (Å²) in [7, 11) is 0. The highest BCUT2D eigenvalue weighted by Crippen LogP contribution is 2.10. The average molecular weight is 192 g/mol. The standard InChI is InChI=1S/C10H12N2O2/c1-7-5-8(11)6-12-9(7)3-2-4-10(13)14/h2-3,5-6H,4,11H2,1H3,(H,13,14). The van der Waals surface area contributed by atoms with Gasteiger partial charge in [-0.25, -0.2) is 0 Å². The number of hydrogen-bond donors (Lipinski definition) is 2. The van der Waals surface area contributed by atoms with Crippen LogP contribution in [0, 0.1) is 6.92 Å². The molecule has 74 valence electrons. The molecule has 1 heterocycles. The van der Waals surface area contributed by atoms with Crippen molar-refractivity contribution in [2.75, 3.05) is 5.73 Å². The highest BCUT2D eigenvalue weighted by Gasteiger charge is 1.96. The van der Waals surface area contributed by atoms with Gasteiger partial charge in [0.1, 0.15) is 0 Å². The Morgan fingerprint density at radius 2 is 2.43 bits per heavy atom. The second-order valence-corrected chi connectivity index (χ2v) is 2.97. The molecule has 14 heavy (non-hydrogen) atoms. The third kappa shape index (κ3) is 2.90. The second kappa shape index (κ2) is 4.41. The summed E-state index contributed by atoms with van der Waals surface area (Å²) in [6.07, 6.45) is 4.80. The van der Waals surface area contributed by atoms with E-state index in [0.29, 0.717) is 5.69 Å². The summed E-state index contributed by atoms with van der Waals surface area (Å²) in [6, 6.07) is 1.80. The Morgan fingerprint density at radius 3 is 3.00 bits per heavy atom. The van der Waals surface area contributed by atoms with Crippen LogP contribution in [0.1, 0.15) is 17.7 Å². The summed E-state index contributed by atoms with van der Waals surface area (Å²) in [6.45, 7) is 1.88. The lowest BCUT2D eigenvalue weighted by molar-refractivity contribution is -0.135. The molecule has 0 aliphatic heterocycles. The topological polar surface area (TPSA) is 76.2 Å². The van der Waals surface area contributed by atoms with E-state index in [1.165, 1.54) is 0 Å². The second-order valence-electron chi connectivity index (χ2n) is 2.97. The van der Waals surface area contributed by atoms with Crippen molar-refractivity contribution in [2.45, 2.75) is 13.3 Å². The van der Waals surface area contributed by atoms with Crippen molar-refractivity contribution in [1.29, 1.82) is 0 Å². The van der Waals surface area contributed by atoms with Gasteiger partial charge in [-0.15, -0.1) is 0 Å². The molecule has 0 saturated heterocycles. The molecule has 0 atom stereocenters. The number of carboxylic acids is 1. The maximum Gasteiger partial charge on any atom is 0.307 e. The Bertz CT molecular complexity index is 372. The summed E-state index contributed by atoms with van der Waals surface area (Å²) < 4.78 is 0. The van der Waals surface area contributed by atoms with E-state index < -0.39 is 5.97 Å². The minimum absolute atomic E-state index is 0.00545. The Labute approximate surface area is 82.1 Å². The van der Waals surface area contributed by atoms with Crippen molar-refractivity contribution >= 4 is 17.7 Å². The van der Waals surface area contributed by atoms with Crippen LogP contribution in [0.15, 0.2) is 18.3 Å². The zero-order valence-corrected chi connectivity index (χ0v) is 7.90. The van der Waals surface area contributed by atoms with Crippen LogP contribution in [0.4, 0.5) is 5.69 Å². The number of hydrogen-bond acceptors (Lipinski definition) is 3. The van der Waals surface area contributed by atoms with Gasteiger partial charge in [0, 0.05) is 0 Å². The lowest BCUT2D eigenvalue weighted by atomic mass is 10.2. The van der Waals surface area contributed by atoms with Crippen LogP contribution in [0.3, 0.4) is 0 Å². The fourth-order valence-corrected chi connectivity index (χ4v) is 1.05. The van der Waals surface area contributed by atoms with Crippen molar-refractivity contribution in [3.63, 3.8) is 0 Å². The summed E-state index contributed by atoms with van der Waals surface area (Å²) in [5.41, 5.74) is 7.82. The predicted octanol–water partition coefficient (Wildman–Crippen LogP) is 1.46. The van der Waals surface area contributed by atoms with Crippen LogP contribution in [-0.2, 0) is 4.79 Å². The number of carbonyl (C=O) groups is 1. The summed E-state index contributed by atoms with van der Waals surface area (Å²) in [4.78, 5) is 14.3. The molecule has 4 heteroatoms. The van der Waals surface area contributed by atoms with Gasteiger partial charge in [0.25, 0.3) is 0 Å². The van der Waals surface area contributed by atoms with E-state index in [2.05, 4.69) is 4.98 Å². The van der Waals surface area contributed by atoms with E-state index in [1.54, 1.807) is 24.4 Å². The Balaban J connectivity index is 2.76. The molecule has 1 rings (SSSR count). The molecule has 0 saturated carbocycles. The first-order valence-electron chi connectivity index (χ1n) is 4.20. The van der Waals surface area contributed by atoms with E-state index in [1.807, 2.05) is 6.92 Å². The predicted molar refractivity (Wildman–Crippen MR) is 54.7 cm³/mol. The molecule has 0 spiro atoms. The normalized spacial score (nSPS) is 10.6. The van der Waals surface area contributed by atoms with Gasteiger partial charge in [0.15, 0.2) is 0 Å². The smallest absolute Gasteiger partial charge is 0.307 e. The Hall–Kier alpha value is -1.84. The van der Waals surface area contributed by atoms with Crippen LogP contribution < -0.4 is 5.73 Å². The lowest BCUT2D eigenvalue weighted by Gasteiger charge is -1.99. The zero-order chi connectivity index (χ0) is 10.6. The van der Waals surface area contributed by atoms with Gasteiger partial charge in [0.2, 0.25) is 0 Å². The van der Waals surface area contributed by atoms with Crippen molar-refractivity contribution < 1.29 is 9.90 Å². The quantitative estimate of drug-likeness (QED) is 0.760. The zero-order valence-electron chi connectivity index (χ0n) is 7.90. The molecule has 0 bridgehead atoms. The highest BCUT2D eigenvalue weighted by molar-refractivity contribution is 5.70. The van der Waals surface area contributed by atoms with Crippen molar-refractivity contribution in [1.82, 2.24) is 4.98 Å². The molecule has 0 unspecified atom stereocenters. The van der Waals surface area contributed by atoms with Crippen LogP contribution >= 0.6 is 0 Å². The maximum atomic E-state index is 10.2. The van der Waals surface area contributed by atoms with Crippen molar-refractivity contribution in [2.24, 2.45) is 0 Å². The minimum Gasteiger partial charge on any atom is -0.481 e. The van der Waals surface area contributed by atoms with Crippen LogP contribution in [0.5, 0.6) is 0 Å². The van der Waals surface area contributed by atoms with Crippen LogP contribution in [0.25, 0.3) is 6.08 Å². The lowest BCUT2D eigenvalue weighted by Crippen LogP contribution is -1.93. The van der Waals surface area contributed by atoms with Crippen molar-refractivity contribution in [3.8, 4) is 0 Å². The number of nitrogens with zero attached hydrogens (tertiary/aromatic N) is 1. The summed E-state index contributed by atoms with van der Waals surface area (Å²) in [5, 5.41) is 8.41. The number of rotatable bonds is 3. The molecule has 0 radical (unpaired) electrons. The number of carboxylic acid groups (broad SMARTS) is 1. The highest BCUT2D eigenvalue weighted by atomic mass is 16.4. The molecule has 0 aliphatic carbocycles. The van der Waals surface area contributed by atoms with E-state index in [9.17, 15) is 4.79 Å². The fraction of sp³-hybridized carbons (Fsp3) is 0.200. The molecule has 0 amide bonds. The van der Waals surface area contributed by atoms with Gasteiger partial charge in [-0.1, -0.05) is 6.08 Å². The van der Waals surface area contributed by atoms with E-state index in [-0.39, 0.29) is 6.42 Å². The fourth-order valence-electron chi connectivity index (χ4n) is 1.05. The monoisotopic (exact) mass is 192 g/mol. The van der Waals surface area contributed by atoms with Crippen molar-refractivity contribution in [3.05, 3.63) is 29.6 Å². The number of anilines is 1. The minimum atomic E-state index is -0.852. The SMILES string of the molecule is Cc1cc(N)cnc1C=CCC(=O)O. The molecular weight excluding hydrogens is 180 g/mol. The van der Waals surface area contributed by atoms with Gasteiger partial charge in [0.05, 0.1) is 24.0 Å². The molecule has 0 aromatic carbocycles. The number of pyridine rings is 1. The summed E-state index contributed by atoms with van der Waals surface area (Å²) >= 11 is 0. The average Bonchev–Trinajstić information content (AvgIpc) is 2.08.